The van der Waals surface area contributed by atoms with Crippen molar-refractivity contribution in [1.29, 1.82) is 0 Å². The molecule has 1 saturated carbocycles. The number of carboxylic acids is 1. The molecule has 0 saturated heterocycles. The maximum atomic E-state index is 10.4. The van der Waals surface area contributed by atoms with Gasteiger partial charge in [-0.05, 0) is 43.3 Å². The summed E-state index contributed by atoms with van der Waals surface area (Å²) in [6.07, 6.45) is 8.28. The van der Waals surface area contributed by atoms with E-state index in [4.69, 9.17) is 5.11 Å². The van der Waals surface area contributed by atoms with E-state index in [1.165, 1.54) is 24.8 Å². The summed E-state index contributed by atoms with van der Waals surface area (Å²) in [5.74, 6) is -0.633. The molecule has 0 spiro atoms. The van der Waals surface area contributed by atoms with E-state index >= 15 is 0 Å². The van der Waals surface area contributed by atoms with Crippen molar-refractivity contribution in [2.45, 2.75) is 45.4 Å². The molecule has 0 heterocycles. The Morgan fingerprint density at radius 1 is 1.50 bits per heavy atom. The third kappa shape index (κ3) is 4.29. The van der Waals surface area contributed by atoms with Gasteiger partial charge in [0.2, 0.25) is 0 Å². The minimum Gasteiger partial charge on any atom is -0.481 e. The van der Waals surface area contributed by atoms with Crippen LogP contribution in [0.3, 0.4) is 0 Å². The van der Waals surface area contributed by atoms with E-state index in [1.54, 1.807) is 0 Å². The van der Waals surface area contributed by atoms with Gasteiger partial charge in [0, 0.05) is 0 Å². The van der Waals surface area contributed by atoms with Gasteiger partial charge in [-0.3, -0.25) is 4.79 Å². The van der Waals surface area contributed by atoms with Crippen molar-refractivity contribution < 1.29 is 9.90 Å². The molecule has 1 rings (SSSR count). The highest BCUT2D eigenvalue weighted by molar-refractivity contribution is 5.67. The Morgan fingerprint density at radius 2 is 2.14 bits per heavy atom. The largest absolute Gasteiger partial charge is 0.481 e. The standard InChI is InChI=1S/C12H18O2/c1-10(9-12(13)14)7-8-11-5-3-2-4-6-11/h7,10H,2-6,9H2,1H3,(H,13,14). The number of rotatable bonds is 3. The van der Waals surface area contributed by atoms with Crippen LogP contribution in [-0.2, 0) is 4.79 Å². The van der Waals surface area contributed by atoms with Crippen LogP contribution in [0.4, 0.5) is 0 Å². The fourth-order valence-electron chi connectivity index (χ4n) is 1.72. The van der Waals surface area contributed by atoms with Crippen LogP contribution >= 0.6 is 0 Å². The van der Waals surface area contributed by atoms with Crippen LogP contribution in [0.25, 0.3) is 0 Å². The van der Waals surface area contributed by atoms with Gasteiger partial charge in [-0.25, -0.2) is 0 Å². The van der Waals surface area contributed by atoms with Gasteiger partial charge in [-0.15, -0.1) is 5.73 Å². The molecule has 1 fully saturated rings. The number of allylic oxidation sites excluding steroid dienone is 1. The molecule has 0 aliphatic heterocycles. The number of hydrogen-bond acceptors (Lipinski definition) is 1. The fraction of sp³-hybridized carbons (Fsp3) is 0.667. The molecule has 0 aromatic rings. The Morgan fingerprint density at radius 3 is 2.71 bits per heavy atom. The molecule has 1 N–H and O–H groups in total. The molecule has 0 bridgehead atoms. The van der Waals surface area contributed by atoms with Gasteiger partial charge < -0.3 is 5.11 Å². The van der Waals surface area contributed by atoms with Gasteiger partial charge in [-0.1, -0.05) is 13.3 Å². The van der Waals surface area contributed by atoms with Crippen LogP contribution in [0, 0.1) is 5.92 Å². The summed E-state index contributed by atoms with van der Waals surface area (Å²) in [6, 6.07) is 0. The minimum absolute atomic E-state index is 0.0990. The minimum atomic E-state index is -0.732. The van der Waals surface area contributed by atoms with E-state index in [0.717, 1.165) is 12.8 Å². The summed E-state index contributed by atoms with van der Waals surface area (Å²) in [5, 5.41) is 8.57. The highest BCUT2D eigenvalue weighted by Crippen LogP contribution is 2.21. The Balaban J connectivity index is 2.46. The van der Waals surface area contributed by atoms with Gasteiger partial charge in [-0.2, -0.15) is 0 Å². The molecule has 1 aliphatic rings. The Hall–Kier alpha value is -1.01. The van der Waals surface area contributed by atoms with Gasteiger partial charge in [0.05, 0.1) is 6.42 Å². The van der Waals surface area contributed by atoms with Crippen molar-refractivity contribution in [3.63, 3.8) is 0 Å². The highest BCUT2D eigenvalue weighted by Gasteiger charge is 2.05. The van der Waals surface area contributed by atoms with Gasteiger partial charge in [0.1, 0.15) is 0 Å². The fourth-order valence-corrected chi connectivity index (χ4v) is 1.72. The number of hydrogen-bond donors (Lipinski definition) is 1. The van der Waals surface area contributed by atoms with Gasteiger partial charge in [0.25, 0.3) is 0 Å². The Kier molecular flexibility index (Phi) is 4.48. The van der Waals surface area contributed by atoms with Gasteiger partial charge >= 0.3 is 5.97 Å². The van der Waals surface area contributed by atoms with E-state index in [0.29, 0.717) is 0 Å². The van der Waals surface area contributed by atoms with Crippen LogP contribution in [0.1, 0.15) is 45.4 Å². The topological polar surface area (TPSA) is 37.3 Å². The van der Waals surface area contributed by atoms with Crippen LogP contribution in [0.5, 0.6) is 0 Å². The second kappa shape index (κ2) is 5.66. The SMILES string of the molecule is CC(C=C=C1CCCCC1)CC(=O)O. The number of carboxylic acid groups (broad SMARTS) is 1. The summed E-state index contributed by atoms with van der Waals surface area (Å²) >= 11 is 0. The van der Waals surface area contributed by atoms with Crippen molar-refractivity contribution in [2.24, 2.45) is 5.92 Å². The first-order chi connectivity index (χ1) is 6.68. The lowest BCUT2D eigenvalue weighted by Crippen LogP contribution is -2.01. The van der Waals surface area contributed by atoms with E-state index in [-0.39, 0.29) is 12.3 Å². The molecule has 2 heteroatoms. The third-order valence-corrected chi connectivity index (χ3v) is 2.53. The molecule has 1 unspecified atom stereocenters. The molecule has 0 amide bonds. The highest BCUT2D eigenvalue weighted by atomic mass is 16.4. The zero-order chi connectivity index (χ0) is 10.4. The Labute approximate surface area is 85.3 Å². The lowest BCUT2D eigenvalue weighted by Gasteiger charge is -2.10. The molecule has 78 valence electrons. The zero-order valence-corrected chi connectivity index (χ0v) is 8.75. The van der Waals surface area contributed by atoms with E-state index < -0.39 is 5.97 Å². The predicted molar refractivity (Wildman–Crippen MR) is 56.1 cm³/mol. The molecular formula is C12H18O2. The molecular weight excluding hydrogens is 176 g/mol. The maximum Gasteiger partial charge on any atom is 0.303 e. The average Bonchev–Trinajstić information content (AvgIpc) is 2.15. The van der Waals surface area contributed by atoms with Crippen LogP contribution in [0.15, 0.2) is 17.4 Å². The molecule has 14 heavy (non-hydrogen) atoms. The zero-order valence-electron chi connectivity index (χ0n) is 8.75. The first-order valence-electron chi connectivity index (χ1n) is 5.35. The van der Waals surface area contributed by atoms with Crippen molar-refractivity contribution in [2.75, 3.05) is 0 Å². The van der Waals surface area contributed by atoms with Crippen molar-refractivity contribution in [3.8, 4) is 0 Å². The lowest BCUT2D eigenvalue weighted by atomic mass is 9.95. The molecule has 0 aromatic carbocycles. The summed E-state index contributed by atoms with van der Waals surface area (Å²) in [7, 11) is 0. The monoisotopic (exact) mass is 194 g/mol. The van der Waals surface area contributed by atoms with E-state index in [2.05, 4.69) is 5.73 Å². The van der Waals surface area contributed by atoms with E-state index in [9.17, 15) is 4.79 Å². The second-order valence-corrected chi connectivity index (χ2v) is 4.05. The van der Waals surface area contributed by atoms with Gasteiger partial charge in [0.15, 0.2) is 0 Å². The first-order valence-corrected chi connectivity index (χ1v) is 5.35. The van der Waals surface area contributed by atoms with Crippen LogP contribution in [0.2, 0.25) is 0 Å². The normalized spacial score (nSPS) is 18.5. The smallest absolute Gasteiger partial charge is 0.303 e. The van der Waals surface area contributed by atoms with E-state index in [1.807, 2.05) is 13.0 Å². The summed E-state index contributed by atoms with van der Waals surface area (Å²) in [5.41, 5.74) is 4.62. The maximum absolute atomic E-state index is 10.4. The van der Waals surface area contributed by atoms with Crippen LogP contribution in [-0.4, -0.2) is 11.1 Å². The first kappa shape index (κ1) is 11.1. The van der Waals surface area contributed by atoms with Crippen molar-refractivity contribution in [1.82, 2.24) is 0 Å². The Bertz CT molecular complexity index is 251. The molecule has 1 aliphatic carbocycles. The summed E-state index contributed by atoms with van der Waals surface area (Å²) in [6.45, 7) is 1.92. The molecule has 1 atom stereocenters. The quantitative estimate of drug-likeness (QED) is 0.701. The van der Waals surface area contributed by atoms with Crippen molar-refractivity contribution in [3.05, 3.63) is 17.4 Å². The number of carbonyl (C=O) groups is 1. The average molecular weight is 194 g/mol. The molecule has 0 radical (unpaired) electrons. The number of aliphatic carboxylic acids is 1. The molecule has 0 aromatic heterocycles. The third-order valence-electron chi connectivity index (χ3n) is 2.53. The second-order valence-electron chi connectivity index (χ2n) is 4.05. The molecule has 2 nitrogen and oxygen atoms in total. The predicted octanol–water partition coefficient (Wildman–Crippen LogP) is 3.14. The summed E-state index contributed by atoms with van der Waals surface area (Å²) < 4.78 is 0. The lowest BCUT2D eigenvalue weighted by molar-refractivity contribution is -0.137. The summed E-state index contributed by atoms with van der Waals surface area (Å²) in [4.78, 5) is 10.4. The van der Waals surface area contributed by atoms with Crippen LogP contribution < -0.4 is 0 Å². The van der Waals surface area contributed by atoms with Crippen molar-refractivity contribution >= 4 is 5.97 Å².